The van der Waals surface area contributed by atoms with Crippen LogP contribution >= 0.6 is 0 Å². The molecule has 128 valence electrons. The van der Waals surface area contributed by atoms with Gasteiger partial charge in [-0.15, -0.1) is 10.2 Å². The van der Waals surface area contributed by atoms with Crippen LogP contribution in [0.25, 0.3) is 5.65 Å². The Morgan fingerprint density at radius 3 is 2.92 bits per heavy atom. The lowest BCUT2D eigenvalue weighted by atomic mass is 10.1. The zero-order chi connectivity index (χ0) is 16.7. The highest BCUT2D eigenvalue weighted by atomic mass is 16.2. The molecule has 1 saturated heterocycles. The fourth-order valence-corrected chi connectivity index (χ4v) is 4.20. The second-order valence-corrected chi connectivity index (χ2v) is 7.21. The zero-order valence-corrected chi connectivity index (χ0v) is 14.4. The number of anilines is 1. The first-order chi connectivity index (χ1) is 11.6. The number of carbonyl (C=O) groups is 1. The van der Waals surface area contributed by atoms with E-state index in [9.17, 15) is 4.79 Å². The number of likely N-dealkylation sites (tertiary alicyclic amines) is 1. The molecule has 1 aliphatic heterocycles. The first-order valence-corrected chi connectivity index (χ1v) is 8.80. The SMILES string of the molecule is Cc1cc(N(C)CC2CC(=O)N(C3CCCC3)C2)c2nncn2n1. The van der Waals surface area contributed by atoms with Crippen molar-refractivity contribution >= 4 is 17.2 Å². The maximum absolute atomic E-state index is 12.4. The summed E-state index contributed by atoms with van der Waals surface area (Å²) in [6.07, 6.45) is 7.17. The molecule has 2 aromatic rings. The predicted octanol–water partition coefficient (Wildman–Crippen LogP) is 1.66. The average Bonchev–Trinajstić information content (AvgIpc) is 3.26. The maximum atomic E-state index is 12.4. The Hall–Kier alpha value is -2.18. The lowest BCUT2D eigenvalue weighted by molar-refractivity contribution is -0.129. The van der Waals surface area contributed by atoms with Crippen LogP contribution in [0, 0.1) is 12.8 Å². The summed E-state index contributed by atoms with van der Waals surface area (Å²) >= 11 is 0. The van der Waals surface area contributed by atoms with Gasteiger partial charge in [0.2, 0.25) is 11.6 Å². The number of aromatic nitrogens is 4. The van der Waals surface area contributed by atoms with Gasteiger partial charge in [-0.2, -0.15) is 9.61 Å². The fourth-order valence-electron chi connectivity index (χ4n) is 4.20. The van der Waals surface area contributed by atoms with Crippen LogP contribution < -0.4 is 4.90 Å². The Labute approximate surface area is 141 Å². The van der Waals surface area contributed by atoms with Gasteiger partial charge in [-0.05, 0) is 25.8 Å². The van der Waals surface area contributed by atoms with Crippen molar-refractivity contribution in [1.29, 1.82) is 0 Å². The Balaban J connectivity index is 1.48. The van der Waals surface area contributed by atoms with Gasteiger partial charge in [0.05, 0.1) is 11.4 Å². The van der Waals surface area contributed by atoms with Crippen LogP contribution in [-0.2, 0) is 4.79 Å². The molecule has 3 heterocycles. The molecule has 0 radical (unpaired) electrons. The number of carbonyl (C=O) groups excluding carboxylic acids is 1. The molecule has 1 saturated carbocycles. The van der Waals surface area contributed by atoms with Gasteiger partial charge in [0.1, 0.15) is 6.33 Å². The molecule has 2 aliphatic rings. The highest BCUT2D eigenvalue weighted by molar-refractivity contribution is 5.79. The summed E-state index contributed by atoms with van der Waals surface area (Å²) in [5.74, 6) is 0.707. The minimum Gasteiger partial charge on any atom is -0.371 e. The van der Waals surface area contributed by atoms with Gasteiger partial charge in [-0.25, -0.2) is 0 Å². The highest BCUT2D eigenvalue weighted by Gasteiger charge is 2.35. The Morgan fingerprint density at radius 2 is 2.12 bits per heavy atom. The second-order valence-electron chi connectivity index (χ2n) is 7.21. The fraction of sp³-hybridized carbons (Fsp3) is 0.647. The molecular weight excluding hydrogens is 304 g/mol. The molecule has 1 aliphatic carbocycles. The average molecular weight is 328 g/mol. The molecule has 2 aromatic heterocycles. The number of hydrogen-bond donors (Lipinski definition) is 0. The van der Waals surface area contributed by atoms with Gasteiger partial charge in [0.15, 0.2) is 0 Å². The first kappa shape index (κ1) is 15.4. The van der Waals surface area contributed by atoms with E-state index in [0.29, 0.717) is 24.3 Å². The predicted molar refractivity (Wildman–Crippen MR) is 90.9 cm³/mol. The molecule has 1 unspecified atom stereocenters. The lowest BCUT2D eigenvalue weighted by Gasteiger charge is -2.26. The van der Waals surface area contributed by atoms with Crippen molar-refractivity contribution in [2.24, 2.45) is 5.92 Å². The Bertz CT molecular complexity index is 751. The van der Waals surface area contributed by atoms with E-state index < -0.39 is 0 Å². The van der Waals surface area contributed by atoms with E-state index >= 15 is 0 Å². The third-order valence-electron chi connectivity index (χ3n) is 5.32. The molecule has 7 nitrogen and oxygen atoms in total. The van der Waals surface area contributed by atoms with Gasteiger partial charge >= 0.3 is 0 Å². The molecule has 4 rings (SSSR count). The number of aryl methyl sites for hydroxylation is 1. The van der Waals surface area contributed by atoms with E-state index in [0.717, 1.165) is 30.1 Å². The monoisotopic (exact) mass is 328 g/mol. The summed E-state index contributed by atoms with van der Waals surface area (Å²) in [5.41, 5.74) is 2.71. The molecule has 0 aromatic carbocycles. The summed E-state index contributed by atoms with van der Waals surface area (Å²) in [6.45, 7) is 3.71. The van der Waals surface area contributed by atoms with Gasteiger partial charge < -0.3 is 9.80 Å². The van der Waals surface area contributed by atoms with Crippen LogP contribution in [0.4, 0.5) is 5.69 Å². The van der Waals surface area contributed by atoms with Gasteiger partial charge in [-0.1, -0.05) is 12.8 Å². The van der Waals surface area contributed by atoms with Gasteiger partial charge in [0, 0.05) is 38.5 Å². The van der Waals surface area contributed by atoms with Gasteiger partial charge in [0.25, 0.3) is 0 Å². The van der Waals surface area contributed by atoms with E-state index in [1.54, 1.807) is 10.8 Å². The lowest BCUT2D eigenvalue weighted by Crippen LogP contribution is -2.35. The van der Waals surface area contributed by atoms with Crippen LogP contribution in [0.15, 0.2) is 12.4 Å². The van der Waals surface area contributed by atoms with Crippen LogP contribution in [0.3, 0.4) is 0 Å². The van der Waals surface area contributed by atoms with E-state index in [1.165, 1.54) is 25.7 Å². The minimum absolute atomic E-state index is 0.332. The minimum atomic E-state index is 0.332. The summed E-state index contributed by atoms with van der Waals surface area (Å²) in [4.78, 5) is 16.7. The van der Waals surface area contributed by atoms with Crippen molar-refractivity contribution in [3.05, 3.63) is 18.1 Å². The number of rotatable bonds is 4. The molecule has 0 bridgehead atoms. The third-order valence-corrected chi connectivity index (χ3v) is 5.32. The summed E-state index contributed by atoms with van der Waals surface area (Å²) in [6, 6.07) is 2.52. The number of hydrogen-bond acceptors (Lipinski definition) is 5. The van der Waals surface area contributed by atoms with Crippen molar-refractivity contribution in [3.63, 3.8) is 0 Å². The molecule has 1 amide bonds. The summed E-state index contributed by atoms with van der Waals surface area (Å²) < 4.78 is 1.71. The zero-order valence-electron chi connectivity index (χ0n) is 14.4. The number of amides is 1. The van der Waals surface area contributed by atoms with Crippen LogP contribution in [0.2, 0.25) is 0 Å². The maximum Gasteiger partial charge on any atom is 0.223 e. The van der Waals surface area contributed by atoms with Crippen molar-refractivity contribution < 1.29 is 4.79 Å². The first-order valence-electron chi connectivity index (χ1n) is 8.80. The topological polar surface area (TPSA) is 66.6 Å². The van der Waals surface area contributed by atoms with E-state index in [-0.39, 0.29) is 0 Å². The molecule has 2 fully saturated rings. The smallest absolute Gasteiger partial charge is 0.223 e. The molecular formula is C17H24N6O. The van der Waals surface area contributed by atoms with E-state index in [1.807, 2.05) is 13.0 Å². The third kappa shape index (κ3) is 2.72. The normalized spacial score (nSPS) is 22.0. The van der Waals surface area contributed by atoms with Crippen molar-refractivity contribution in [2.75, 3.05) is 25.0 Å². The number of nitrogens with zero attached hydrogens (tertiary/aromatic N) is 6. The van der Waals surface area contributed by atoms with Gasteiger partial charge in [-0.3, -0.25) is 4.79 Å². The molecule has 1 atom stereocenters. The van der Waals surface area contributed by atoms with Crippen LogP contribution in [0.1, 0.15) is 37.8 Å². The quantitative estimate of drug-likeness (QED) is 0.854. The molecule has 0 N–H and O–H groups in total. The second kappa shape index (κ2) is 6.03. The summed E-state index contributed by atoms with van der Waals surface area (Å²) in [7, 11) is 2.06. The van der Waals surface area contributed by atoms with E-state index in [4.69, 9.17) is 0 Å². The molecule has 7 heteroatoms. The van der Waals surface area contributed by atoms with Crippen molar-refractivity contribution in [2.45, 2.75) is 45.1 Å². The Kier molecular flexibility index (Phi) is 3.86. The largest absolute Gasteiger partial charge is 0.371 e. The number of fused-ring (bicyclic) bond motifs is 1. The summed E-state index contributed by atoms with van der Waals surface area (Å²) in [5, 5.41) is 12.5. The molecule has 24 heavy (non-hydrogen) atoms. The van der Waals surface area contributed by atoms with Crippen molar-refractivity contribution in [1.82, 2.24) is 24.7 Å². The van der Waals surface area contributed by atoms with E-state index in [2.05, 4.69) is 32.1 Å². The van der Waals surface area contributed by atoms with Crippen LogP contribution in [-0.4, -0.2) is 56.8 Å². The highest BCUT2D eigenvalue weighted by Crippen LogP contribution is 2.30. The van der Waals surface area contributed by atoms with Crippen molar-refractivity contribution in [3.8, 4) is 0 Å². The Morgan fingerprint density at radius 1 is 1.33 bits per heavy atom. The standard InChI is InChI=1S/C17H24N6O/c1-12-7-15(17-19-18-11-23(17)20-12)21(2)9-13-8-16(24)22(10-13)14-5-3-4-6-14/h7,11,13-14H,3-6,8-10H2,1-2H3. The van der Waals surface area contributed by atoms with Crippen LogP contribution in [0.5, 0.6) is 0 Å². The molecule has 0 spiro atoms.